The molecule has 0 saturated carbocycles. The van der Waals surface area contributed by atoms with Crippen molar-refractivity contribution in [3.63, 3.8) is 0 Å². The smallest absolute Gasteiger partial charge is 0.220 e. The van der Waals surface area contributed by atoms with Gasteiger partial charge in [-0.2, -0.15) is 0 Å². The SMILES string of the molecule is Nc1ncc2c[c]([Al])ccc2n1. The summed E-state index contributed by atoms with van der Waals surface area (Å²) in [6.45, 7) is 0. The Labute approximate surface area is 78.1 Å². The lowest BCUT2D eigenvalue weighted by atomic mass is 10.2. The van der Waals surface area contributed by atoms with Crippen LogP contribution in [-0.4, -0.2) is 26.3 Å². The van der Waals surface area contributed by atoms with Crippen LogP contribution >= 0.6 is 0 Å². The van der Waals surface area contributed by atoms with Gasteiger partial charge in [-0.15, -0.1) is 4.43 Å². The third-order valence-corrected chi connectivity index (χ3v) is 1.98. The van der Waals surface area contributed by atoms with Gasteiger partial charge in [-0.05, 0) is 6.07 Å². The van der Waals surface area contributed by atoms with Gasteiger partial charge in [0.2, 0.25) is 5.95 Å². The lowest BCUT2D eigenvalue weighted by Crippen LogP contribution is -2.01. The first kappa shape index (κ1) is 7.54. The number of rotatable bonds is 0. The van der Waals surface area contributed by atoms with Crippen LogP contribution in [-0.2, 0) is 0 Å². The molecule has 4 heteroatoms. The Morgan fingerprint density at radius 3 is 3.00 bits per heavy atom. The third kappa shape index (κ3) is 1.27. The molecular weight excluding hydrogens is 165 g/mol. The molecule has 0 aliphatic carbocycles. The molecule has 2 radical (unpaired) electrons. The summed E-state index contributed by atoms with van der Waals surface area (Å²) in [6.07, 6.45) is 1.73. The van der Waals surface area contributed by atoms with Crippen LogP contribution in [0.15, 0.2) is 24.4 Å². The summed E-state index contributed by atoms with van der Waals surface area (Å²) in [4.78, 5) is 7.98. The number of nitrogens with zero attached hydrogens (tertiary/aromatic N) is 2. The third-order valence-electron chi connectivity index (χ3n) is 1.62. The summed E-state index contributed by atoms with van der Waals surface area (Å²) in [5.41, 5.74) is 6.32. The fraction of sp³-hybridized carbons (Fsp3) is 0. The van der Waals surface area contributed by atoms with E-state index in [0.29, 0.717) is 5.95 Å². The molecule has 1 heterocycles. The second kappa shape index (κ2) is 2.74. The molecule has 0 spiro atoms. The molecule has 2 aromatic rings. The van der Waals surface area contributed by atoms with Crippen molar-refractivity contribution in [1.29, 1.82) is 0 Å². The van der Waals surface area contributed by atoms with Gasteiger partial charge in [0.1, 0.15) is 0 Å². The molecule has 2 N–H and O–H groups in total. The van der Waals surface area contributed by atoms with Crippen LogP contribution < -0.4 is 10.2 Å². The molecule has 12 heavy (non-hydrogen) atoms. The van der Waals surface area contributed by atoms with E-state index in [1.165, 1.54) is 0 Å². The van der Waals surface area contributed by atoms with Gasteiger partial charge in [0.25, 0.3) is 0 Å². The Kier molecular flexibility index (Phi) is 1.72. The minimum atomic E-state index is 0.319. The average Bonchev–Trinajstić information content (AvgIpc) is 2.05. The second-order valence-electron chi connectivity index (χ2n) is 2.55. The van der Waals surface area contributed by atoms with Crippen molar-refractivity contribution in [2.75, 3.05) is 5.73 Å². The highest BCUT2D eigenvalue weighted by Crippen LogP contribution is 2.08. The summed E-state index contributed by atoms with van der Waals surface area (Å²) in [7, 11) is 0. The van der Waals surface area contributed by atoms with Crippen LogP contribution in [0, 0.1) is 0 Å². The highest BCUT2D eigenvalue weighted by atomic mass is 27.0. The van der Waals surface area contributed by atoms with E-state index in [-0.39, 0.29) is 0 Å². The molecule has 0 bridgehead atoms. The Balaban J connectivity index is 2.79. The predicted molar refractivity (Wildman–Crippen MR) is 49.3 cm³/mol. The fourth-order valence-electron chi connectivity index (χ4n) is 1.07. The maximum absolute atomic E-state index is 5.43. The van der Waals surface area contributed by atoms with E-state index < -0.39 is 0 Å². The van der Waals surface area contributed by atoms with Crippen molar-refractivity contribution in [3.05, 3.63) is 24.4 Å². The fourth-order valence-corrected chi connectivity index (χ4v) is 1.34. The standard InChI is InChI=1S/C8H6N3.Al/c9-8-10-5-6-3-1-2-4-7(6)11-8;/h2-5H,(H2,9,10,11);. The summed E-state index contributed by atoms with van der Waals surface area (Å²) in [5.74, 6) is 0.319. The van der Waals surface area contributed by atoms with Gasteiger partial charge in [-0.25, -0.2) is 9.97 Å². The highest BCUT2D eigenvalue weighted by Gasteiger charge is 1.95. The lowest BCUT2D eigenvalue weighted by Gasteiger charge is -1.98. The van der Waals surface area contributed by atoms with E-state index >= 15 is 0 Å². The quantitative estimate of drug-likeness (QED) is 0.568. The largest absolute Gasteiger partial charge is 0.368 e. The van der Waals surface area contributed by atoms with Crippen molar-refractivity contribution in [1.82, 2.24) is 9.97 Å². The van der Waals surface area contributed by atoms with Crippen molar-refractivity contribution >= 4 is 37.6 Å². The summed E-state index contributed by atoms with van der Waals surface area (Å²) >= 11 is 2.63. The number of nitrogen functional groups attached to an aromatic ring is 1. The molecule has 2 rings (SSSR count). The van der Waals surface area contributed by atoms with Crippen molar-refractivity contribution in [2.45, 2.75) is 0 Å². The molecule has 0 unspecified atom stereocenters. The van der Waals surface area contributed by atoms with Crippen LogP contribution in [0.5, 0.6) is 0 Å². The maximum atomic E-state index is 5.43. The van der Waals surface area contributed by atoms with Gasteiger partial charge in [0.15, 0.2) is 16.3 Å². The summed E-state index contributed by atoms with van der Waals surface area (Å²) in [6, 6.07) is 5.90. The van der Waals surface area contributed by atoms with Gasteiger partial charge in [-0.3, -0.25) is 0 Å². The zero-order valence-electron chi connectivity index (χ0n) is 6.36. The molecule has 0 aliphatic heterocycles. The van der Waals surface area contributed by atoms with E-state index in [1.54, 1.807) is 6.20 Å². The minimum absolute atomic E-state index is 0.319. The second-order valence-corrected chi connectivity index (χ2v) is 3.21. The maximum Gasteiger partial charge on any atom is 0.220 e. The average molecular weight is 171 g/mol. The molecule has 3 nitrogen and oxygen atoms in total. The first-order valence-electron chi connectivity index (χ1n) is 3.53. The topological polar surface area (TPSA) is 51.8 Å². The number of fused-ring (bicyclic) bond motifs is 1. The van der Waals surface area contributed by atoms with E-state index in [1.807, 2.05) is 18.2 Å². The van der Waals surface area contributed by atoms with Gasteiger partial charge in [0, 0.05) is 11.6 Å². The number of aromatic nitrogens is 2. The minimum Gasteiger partial charge on any atom is -0.368 e. The van der Waals surface area contributed by atoms with Crippen molar-refractivity contribution in [3.8, 4) is 0 Å². The first-order chi connectivity index (χ1) is 5.75. The molecule has 1 aromatic heterocycles. The Morgan fingerprint density at radius 1 is 1.33 bits per heavy atom. The van der Waals surface area contributed by atoms with Gasteiger partial charge in [0.05, 0.1) is 5.52 Å². The molecule has 0 fully saturated rings. The highest BCUT2D eigenvalue weighted by molar-refractivity contribution is 6.33. The molecule has 0 atom stereocenters. The summed E-state index contributed by atoms with van der Waals surface area (Å²) < 4.78 is 1.12. The van der Waals surface area contributed by atoms with E-state index in [2.05, 4.69) is 26.3 Å². The molecule has 1 aromatic carbocycles. The molecule has 56 valence electrons. The Bertz CT molecular complexity index is 386. The predicted octanol–water partition coefficient (Wildman–Crippen LogP) is 0.00580. The van der Waals surface area contributed by atoms with Gasteiger partial charge >= 0.3 is 0 Å². The van der Waals surface area contributed by atoms with E-state index in [4.69, 9.17) is 5.73 Å². The van der Waals surface area contributed by atoms with Crippen LogP contribution in [0.3, 0.4) is 0 Å². The van der Waals surface area contributed by atoms with Crippen molar-refractivity contribution in [2.24, 2.45) is 0 Å². The number of hydrogen-bond donors (Lipinski definition) is 1. The first-order valence-corrected chi connectivity index (χ1v) is 4.11. The molecule has 0 saturated heterocycles. The molecular formula is C8H6AlN3. The lowest BCUT2D eigenvalue weighted by molar-refractivity contribution is 1.24. The number of hydrogen-bond acceptors (Lipinski definition) is 3. The summed E-state index contributed by atoms with van der Waals surface area (Å²) in [5, 5.41) is 1.01. The zero-order chi connectivity index (χ0) is 8.55. The monoisotopic (exact) mass is 171 g/mol. The molecule has 0 aliphatic rings. The number of benzene rings is 1. The Hall–Kier alpha value is -1.11. The van der Waals surface area contributed by atoms with Crippen LogP contribution in [0.4, 0.5) is 5.95 Å². The van der Waals surface area contributed by atoms with E-state index in [0.717, 1.165) is 15.3 Å². The Morgan fingerprint density at radius 2 is 2.17 bits per heavy atom. The van der Waals surface area contributed by atoms with Gasteiger partial charge < -0.3 is 5.73 Å². The van der Waals surface area contributed by atoms with Crippen LogP contribution in [0.1, 0.15) is 0 Å². The van der Waals surface area contributed by atoms with Crippen LogP contribution in [0.25, 0.3) is 10.9 Å². The number of anilines is 1. The van der Waals surface area contributed by atoms with Crippen molar-refractivity contribution < 1.29 is 0 Å². The number of nitrogens with two attached hydrogens (primary N) is 1. The zero-order valence-corrected chi connectivity index (χ0v) is 7.51. The van der Waals surface area contributed by atoms with E-state index in [9.17, 15) is 0 Å². The normalized spacial score (nSPS) is 10.3. The molecule has 0 amide bonds. The van der Waals surface area contributed by atoms with Crippen LogP contribution in [0.2, 0.25) is 0 Å². The van der Waals surface area contributed by atoms with Gasteiger partial charge in [-0.1, -0.05) is 12.1 Å².